The number of hydrogen-bond acceptors (Lipinski definition) is 5. The highest BCUT2D eigenvalue weighted by Crippen LogP contribution is 2.22. The van der Waals surface area contributed by atoms with E-state index in [4.69, 9.17) is 10.5 Å². The van der Waals surface area contributed by atoms with Crippen molar-refractivity contribution >= 4 is 11.6 Å². The maximum Gasteiger partial charge on any atom is 0.258 e. The molecule has 6 heteroatoms. The van der Waals surface area contributed by atoms with Crippen LogP contribution in [0.1, 0.15) is 22.8 Å². The van der Waals surface area contributed by atoms with Crippen molar-refractivity contribution in [3.8, 4) is 5.75 Å². The zero-order valence-electron chi connectivity index (χ0n) is 11.2. The number of rotatable bonds is 5. The minimum absolute atomic E-state index is 0.266. The zero-order chi connectivity index (χ0) is 14.4. The number of benzene rings is 1. The maximum atomic E-state index is 12.0. The van der Waals surface area contributed by atoms with Gasteiger partial charge in [-0.05, 0) is 25.1 Å². The molecule has 0 bridgehead atoms. The van der Waals surface area contributed by atoms with Crippen molar-refractivity contribution in [2.24, 2.45) is 5.73 Å². The number of ether oxygens (including phenoxy) is 1. The molecule has 20 heavy (non-hydrogen) atoms. The highest BCUT2D eigenvalue weighted by Gasteiger charge is 2.08. The van der Waals surface area contributed by atoms with E-state index in [0.29, 0.717) is 24.4 Å². The molecule has 0 saturated heterocycles. The van der Waals surface area contributed by atoms with Crippen LogP contribution in [0, 0.1) is 0 Å². The van der Waals surface area contributed by atoms with Gasteiger partial charge in [0.2, 0.25) is 0 Å². The molecule has 0 aliphatic rings. The molecule has 6 nitrogen and oxygen atoms in total. The van der Waals surface area contributed by atoms with E-state index >= 15 is 0 Å². The Balaban J connectivity index is 2.16. The lowest BCUT2D eigenvalue weighted by Crippen LogP contribution is -2.13. The van der Waals surface area contributed by atoms with Crippen molar-refractivity contribution < 1.29 is 9.53 Å². The standard InChI is InChI=1S/C14H16N4O2/c1-2-20-13-4-3-12(5-10(13)6-15)18-14(19)11-7-16-9-17-8-11/h3-5,7-9H,2,6,15H2,1H3,(H,18,19). The smallest absolute Gasteiger partial charge is 0.258 e. The van der Waals surface area contributed by atoms with Crippen LogP contribution >= 0.6 is 0 Å². The van der Waals surface area contributed by atoms with Crippen LogP contribution in [-0.4, -0.2) is 22.5 Å². The largest absolute Gasteiger partial charge is 0.494 e. The molecule has 0 atom stereocenters. The predicted molar refractivity (Wildman–Crippen MR) is 75.5 cm³/mol. The van der Waals surface area contributed by atoms with E-state index < -0.39 is 0 Å². The molecule has 0 spiro atoms. The summed E-state index contributed by atoms with van der Waals surface area (Å²) in [6.45, 7) is 2.82. The lowest BCUT2D eigenvalue weighted by atomic mass is 10.1. The van der Waals surface area contributed by atoms with E-state index in [-0.39, 0.29) is 5.91 Å². The van der Waals surface area contributed by atoms with E-state index in [9.17, 15) is 4.79 Å². The molecule has 0 unspecified atom stereocenters. The minimum atomic E-state index is -0.266. The average molecular weight is 272 g/mol. The first-order valence-electron chi connectivity index (χ1n) is 6.26. The quantitative estimate of drug-likeness (QED) is 0.862. The van der Waals surface area contributed by atoms with Gasteiger partial charge < -0.3 is 15.8 Å². The normalized spacial score (nSPS) is 10.1. The summed E-state index contributed by atoms with van der Waals surface area (Å²) in [4.78, 5) is 19.6. The van der Waals surface area contributed by atoms with Gasteiger partial charge in [0.05, 0.1) is 12.2 Å². The second-order valence-corrected chi connectivity index (χ2v) is 4.04. The molecule has 1 heterocycles. The molecule has 3 N–H and O–H groups in total. The van der Waals surface area contributed by atoms with Gasteiger partial charge in [-0.3, -0.25) is 4.79 Å². The molecule has 0 saturated carbocycles. The highest BCUT2D eigenvalue weighted by atomic mass is 16.5. The molecule has 0 aliphatic carbocycles. The van der Waals surface area contributed by atoms with Gasteiger partial charge in [0.1, 0.15) is 12.1 Å². The predicted octanol–water partition coefficient (Wildman–Crippen LogP) is 1.59. The van der Waals surface area contributed by atoms with Gasteiger partial charge in [-0.15, -0.1) is 0 Å². The molecule has 0 fully saturated rings. The van der Waals surface area contributed by atoms with Crippen LogP contribution in [0.2, 0.25) is 0 Å². The van der Waals surface area contributed by atoms with Crippen LogP contribution in [-0.2, 0) is 6.54 Å². The Bertz CT molecular complexity index is 587. The lowest BCUT2D eigenvalue weighted by Gasteiger charge is -2.11. The summed E-state index contributed by atoms with van der Waals surface area (Å²) >= 11 is 0. The highest BCUT2D eigenvalue weighted by molar-refractivity contribution is 6.03. The minimum Gasteiger partial charge on any atom is -0.494 e. The Morgan fingerprint density at radius 2 is 2.10 bits per heavy atom. The number of amides is 1. The summed E-state index contributed by atoms with van der Waals surface area (Å²) in [6, 6.07) is 5.36. The Labute approximate surface area is 117 Å². The number of hydrogen-bond donors (Lipinski definition) is 2. The summed E-state index contributed by atoms with van der Waals surface area (Å²) in [6.07, 6.45) is 4.29. The topological polar surface area (TPSA) is 90.1 Å². The fraction of sp³-hybridized carbons (Fsp3) is 0.214. The molecule has 1 amide bonds. The van der Waals surface area contributed by atoms with Crippen LogP contribution in [0.4, 0.5) is 5.69 Å². The van der Waals surface area contributed by atoms with Gasteiger partial charge >= 0.3 is 0 Å². The van der Waals surface area contributed by atoms with Gasteiger partial charge in [-0.2, -0.15) is 0 Å². The van der Waals surface area contributed by atoms with Crippen LogP contribution in [0.15, 0.2) is 36.9 Å². The molecule has 104 valence electrons. The summed E-state index contributed by atoms with van der Waals surface area (Å²) in [5, 5.41) is 2.77. The number of nitrogens with two attached hydrogens (primary N) is 1. The summed E-state index contributed by atoms with van der Waals surface area (Å²) in [7, 11) is 0. The first-order chi connectivity index (χ1) is 9.74. The second-order valence-electron chi connectivity index (χ2n) is 4.04. The van der Waals surface area contributed by atoms with Crippen molar-refractivity contribution in [1.29, 1.82) is 0 Å². The van der Waals surface area contributed by atoms with Crippen LogP contribution in [0.25, 0.3) is 0 Å². The number of nitrogens with one attached hydrogen (secondary N) is 1. The molecule has 1 aromatic heterocycles. The molecule has 0 aliphatic heterocycles. The Morgan fingerprint density at radius 1 is 1.35 bits per heavy atom. The van der Waals surface area contributed by atoms with E-state index in [2.05, 4.69) is 15.3 Å². The van der Waals surface area contributed by atoms with Crippen LogP contribution < -0.4 is 15.8 Å². The van der Waals surface area contributed by atoms with E-state index in [1.807, 2.05) is 6.92 Å². The lowest BCUT2D eigenvalue weighted by molar-refractivity contribution is 0.102. The monoisotopic (exact) mass is 272 g/mol. The number of carbonyl (C=O) groups is 1. The Kier molecular flexibility index (Phi) is 4.62. The third-order valence-electron chi connectivity index (χ3n) is 2.66. The van der Waals surface area contributed by atoms with Gasteiger partial charge in [0, 0.05) is 30.2 Å². The first kappa shape index (κ1) is 14.0. The average Bonchev–Trinajstić information content (AvgIpc) is 2.50. The number of aromatic nitrogens is 2. The van der Waals surface area contributed by atoms with Crippen molar-refractivity contribution in [2.75, 3.05) is 11.9 Å². The van der Waals surface area contributed by atoms with Crippen molar-refractivity contribution in [3.63, 3.8) is 0 Å². The summed E-state index contributed by atoms with van der Waals surface area (Å²) in [5.41, 5.74) is 7.57. The third kappa shape index (κ3) is 3.30. The number of anilines is 1. The number of carbonyl (C=O) groups excluding carboxylic acids is 1. The number of nitrogens with zero attached hydrogens (tertiary/aromatic N) is 2. The third-order valence-corrected chi connectivity index (χ3v) is 2.66. The Morgan fingerprint density at radius 3 is 2.75 bits per heavy atom. The molecular weight excluding hydrogens is 256 g/mol. The summed E-state index contributed by atoms with van der Waals surface area (Å²) in [5.74, 6) is 0.466. The fourth-order valence-electron chi connectivity index (χ4n) is 1.73. The van der Waals surface area contributed by atoms with Crippen molar-refractivity contribution in [1.82, 2.24) is 9.97 Å². The molecule has 2 rings (SSSR count). The maximum absolute atomic E-state index is 12.0. The molecule has 1 aromatic carbocycles. The van der Waals surface area contributed by atoms with E-state index in [1.54, 1.807) is 18.2 Å². The fourth-order valence-corrected chi connectivity index (χ4v) is 1.73. The van der Waals surface area contributed by atoms with E-state index in [1.165, 1.54) is 18.7 Å². The SMILES string of the molecule is CCOc1ccc(NC(=O)c2cncnc2)cc1CN. The van der Waals surface area contributed by atoms with Gasteiger partial charge in [0.15, 0.2) is 0 Å². The van der Waals surface area contributed by atoms with Gasteiger partial charge in [0.25, 0.3) is 5.91 Å². The molecular formula is C14H16N4O2. The van der Waals surface area contributed by atoms with Crippen molar-refractivity contribution in [2.45, 2.75) is 13.5 Å². The van der Waals surface area contributed by atoms with Gasteiger partial charge in [-0.1, -0.05) is 0 Å². The zero-order valence-corrected chi connectivity index (χ0v) is 11.2. The van der Waals surface area contributed by atoms with Crippen LogP contribution in [0.3, 0.4) is 0 Å². The van der Waals surface area contributed by atoms with Crippen molar-refractivity contribution in [3.05, 3.63) is 48.0 Å². The second kappa shape index (κ2) is 6.63. The summed E-state index contributed by atoms with van der Waals surface area (Å²) < 4.78 is 5.46. The van der Waals surface area contributed by atoms with Gasteiger partial charge in [-0.25, -0.2) is 9.97 Å². The molecule has 2 aromatic rings. The Hall–Kier alpha value is -2.47. The first-order valence-corrected chi connectivity index (χ1v) is 6.26. The van der Waals surface area contributed by atoms with E-state index in [0.717, 1.165) is 11.3 Å². The molecule has 0 radical (unpaired) electrons. The van der Waals surface area contributed by atoms with Crippen LogP contribution in [0.5, 0.6) is 5.75 Å².